The summed E-state index contributed by atoms with van der Waals surface area (Å²) < 4.78 is 27.5. The van der Waals surface area contributed by atoms with Crippen LogP contribution in [0.2, 0.25) is 0 Å². The van der Waals surface area contributed by atoms with Crippen molar-refractivity contribution in [2.24, 2.45) is 0 Å². The van der Waals surface area contributed by atoms with Crippen molar-refractivity contribution in [1.29, 1.82) is 0 Å². The van der Waals surface area contributed by atoms with Crippen LogP contribution < -0.4 is 4.90 Å². The van der Waals surface area contributed by atoms with Crippen LogP contribution in [0.4, 0.5) is 5.13 Å². The second-order valence-corrected chi connectivity index (χ2v) is 11.2. The molecular weight excluding hydrogens is 494 g/mol. The first-order valence-corrected chi connectivity index (χ1v) is 13.7. The number of rotatable bonds is 6. The Hall–Kier alpha value is -1.74. The van der Waals surface area contributed by atoms with Crippen LogP contribution in [0.1, 0.15) is 27.9 Å². The van der Waals surface area contributed by atoms with E-state index in [1.165, 1.54) is 16.7 Å². The Labute approximate surface area is 196 Å². The number of anilines is 1. The van der Waals surface area contributed by atoms with Gasteiger partial charge in [-0.15, -0.1) is 11.3 Å². The highest BCUT2D eigenvalue weighted by Gasteiger charge is 2.29. The van der Waals surface area contributed by atoms with Gasteiger partial charge in [0.25, 0.3) is 0 Å². The van der Waals surface area contributed by atoms with Crippen LogP contribution in [0.5, 0.6) is 0 Å². The molecule has 0 saturated carbocycles. The third-order valence-electron chi connectivity index (χ3n) is 5.77. The van der Waals surface area contributed by atoms with Crippen LogP contribution in [0.15, 0.2) is 52.7 Å². The maximum Gasteiger partial charge on any atom is 0.243 e. The second kappa shape index (κ2) is 9.40. The van der Waals surface area contributed by atoms with E-state index < -0.39 is 10.0 Å². The molecule has 4 rings (SSSR count). The molecule has 1 aromatic heterocycles. The molecule has 1 saturated heterocycles. The Morgan fingerprint density at radius 1 is 1.00 bits per heavy atom. The summed E-state index contributed by atoms with van der Waals surface area (Å²) in [5.41, 5.74) is 6.04. The monoisotopic (exact) mass is 519 g/mol. The fraction of sp³-hybridized carbons (Fsp3) is 0.348. The average molecular weight is 521 g/mol. The molecule has 0 N–H and O–H groups in total. The first-order chi connectivity index (χ1) is 14.9. The van der Waals surface area contributed by atoms with Crippen molar-refractivity contribution < 1.29 is 8.42 Å². The van der Waals surface area contributed by atoms with Gasteiger partial charge in [-0.2, -0.15) is 4.31 Å². The van der Waals surface area contributed by atoms with E-state index in [1.807, 2.05) is 12.1 Å². The van der Waals surface area contributed by atoms with Crippen molar-refractivity contribution in [2.75, 3.05) is 31.1 Å². The average Bonchev–Trinajstić information content (AvgIpc) is 3.25. The normalized spacial score (nSPS) is 15.4. The van der Waals surface area contributed by atoms with Crippen LogP contribution in [0, 0.1) is 13.8 Å². The summed E-state index contributed by atoms with van der Waals surface area (Å²) >= 11 is 5.03. The van der Waals surface area contributed by atoms with Gasteiger partial charge in [0.15, 0.2) is 5.13 Å². The zero-order valence-electron chi connectivity index (χ0n) is 17.7. The third kappa shape index (κ3) is 4.87. The number of sulfonamides is 1. The summed E-state index contributed by atoms with van der Waals surface area (Å²) in [7, 11) is -3.46. The topological polar surface area (TPSA) is 53.5 Å². The van der Waals surface area contributed by atoms with E-state index in [4.69, 9.17) is 4.98 Å². The Kier molecular flexibility index (Phi) is 6.81. The lowest BCUT2D eigenvalue weighted by molar-refractivity contribution is 0.384. The highest BCUT2D eigenvalue weighted by Crippen LogP contribution is 2.26. The van der Waals surface area contributed by atoms with Gasteiger partial charge in [0.05, 0.1) is 10.6 Å². The Bertz CT molecular complexity index is 1130. The van der Waals surface area contributed by atoms with Gasteiger partial charge in [0.2, 0.25) is 10.0 Å². The Morgan fingerprint density at radius 3 is 2.26 bits per heavy atom. The zero-order chi connectivity index (χ0) is 22.0. The lowest BCUT2D eigenvalue weighted by atomic mass is 9.99. The van der Waals surface area contributed by atoms with Crippen LogP contribution in [0.3, 0.4) is 0 Å². The first-order valence-electron chi connectivity index (χ1n) is 10.3. The summed E-state index contributed by atoms with van der Waals surface area (Å²) in [5, 5.41) is 3.81. The maximum absolute atomic E-state index is 13.0. The highest BCUT2D eigenvalue weighted by molar-refractivity contribution is 9.08. The molecule has 0 bridgehead atoms. The molecule has 2 aromatic carbocycles. The van der Waals surface area contributed by atoms with E-state index in [9.17, 15) is 8.42 Å². The summed E-state index contributed by atoms with van der Waals surface area (Å²) in [4.78, 5) is 7.40. The smallest absolute Gasteiger partial charge is 0.243 e. The van der Waals surface area contributed by atoms with Gasteiger partial charge in [-0.1, -0.05) is 46.3 Å². The fourth-order valence-corrected chi connectivity index (χ4v) is 6.53. The number of aryl methyl sites for hydroxylation is 2. The van der Waals surface area contributed by atoms with E-state index >= 15 is 0 Å². The molecule has 8 heteroatoms. The lowest BCUT2D eigenvalue weighted by Crippen LogP contribution is -2.48. The quantitative estimate of drug-likeness (QED) is 0.440. The number of aromatic nitrogens is 1. The maximum atomic E-state index is 13.0. The van der Waals surface area contributed by atoms with E-state index in [0.717, 1.165) is 22.8 Å². The molecule has 31 heavy (non-hydrogen) atoms. The predicted octanol–water partition coefficient (Wildman–Crippen LogP) is 4.76. The highest BCUT2D eigenvalue weighted by atomic mass is 79.9. The summed E-state index contributed by atoms with van der Waals surface area (Å²) in [6, 6.07) is 13.5. The fourth-order valence-electron chi connectivity index (χ4n) is 3.85. The summed E-state index contributed by atoms with van der Waals surface area (Å²) in [6.45, 7) is 6.51. The van der Waals surface area contributed by atoms with Crippen LogP contribution in [0.25, 0.3) is 0 Å². The Morgan fingerprint density at radius 2 is 1.65 bits per heavy atom. The van der Waals surface area contributed by atoms with Crippen LogP contribution in [-0.4, -0.2) is 43.9 Å². The van der Waals surface area contributed by atoms with Gasteiger partial charge in [0, 0.05) is 43.3 Å². The van der Waals surface area contributed by atoms with Crippen LogP contribution >= 0.6 is 27.3 Å². The number of halogens is 1. The molecule has 2 heterocycles. The second-order valence-electron chi connectivity index (χ2n) is 7.84. The molecule has 1 aliphatic rings. The molecule has 1 fully saturated rings. The van der Waals surface area contributed by atoms with E-state index in [2.05, 4.69) is 58.3 Å². The van der Waals surface area contributed by atoms with E-state index in [-0.39, 0.29) is 0 Å². The Balaban J connectivity index is 1.41. The van der Waals surface area contributed by atoms with Crippen molar-refractivity contribution in [2.45, 2.75) is 30.5 Å². The van der Waals surface area contributed by atoms with Crippen molar-refractivity contribution in [3.8, 4) is 0 Å². The molecule has 0 radical (unpaired) electrons. The molecule has 0 atom stereocenters. The number of hydrogen-bond donors (Lipinski definition) is 0. The largest absolute Gasteiger partial charge is 0.345 e. The molecule has 5 nitrogen and oxygen atoms in total. The predicted molar refractivity (Wildman–Crippen MR) is 131 cm³/mol. The number of benzene rings is 2. The molecule has 164 valence electrons. The minimum Gasteiger partial charge on any atom is -0.345 e. The van der Waals surface area contributed by atoms with Gasteiger partial charge in [-0.3, -0.25) is 0 Å². The van der Waals surface area contributed by atoms with Gasteiger partial charge in [-0.05, 0) is 48.2 Å². The molecule has 0 unspecified atom stereocenters. The lowest BCUT2D eigenvalue weighted by Gasteiger charge is -2.33. The third-order valence-corrected chi connectivity index (χ3v) is 9.28. The van der Waals surface area contributed by atoms with Gasteiger partial charge < -0.3 is 4.90 Å². The molecule has 0 spiro atoms. The van der Waals surface area contributed by atoms with Crippen molar-refractivity contribution >= 4 is 42.4 Å². The summed E-state index contributed by atoms with van der Waals surface area (Å²) in [5.74, 6) is 0. The van der Waals surface area contributed by atoms with Crippen LogP contribution in [-0.2, 0) is 21.8 Å². The minimum atomic E-state index is -3.46. The van der Waals surface area contributed by atoms with Gasteiger partial charge in [-0.25, -0.2) is 13.4 Å². The van der Waals surface area contributed by atoms with Crippen molar-refractivity contribution in [3.63, 3.8) is 0 Å². The van der Waals surface area contributed by atoms with Gasteiger partial charge in [0.1, 0.15) is 0 Å². The number of piperazine rings is 1. The molecule has 1 aliphatic heterocycles. The summed E-state index contributed by atoms with van der Waals surface area (Å²) in [6.07, 6.45) is 0.827. The van der Waals surface area contributed by atoms with Crippen molar-refractivity contribution in [1.82, 2.24) is 9.29 Å². The molecule has 0 aliphatic carbocycles. The first kappa shape index (κ1) is 22.5. The zero-order valence-corrected chi connectivity index (χ0v) is 20.9. The standard InChI is InChI=1S/C23H26BrN3O2S2/c1-17-4-3-5-18(2)22(17)14-20-16-30-23(25-20)26-10-12-27(13-11-26)31(28,29)21-8-6-19(15-24)7-9-21/h3-9,16H,10-15H2,1-2H3. The molecular formula is C23H26BrN3O2S2. The molecule has 0 amide bonds. The van der Waals surface area contributed by atoms with E-state index in [1.54, 1.807) is 27.8 Å². The van der Waals surface area contributed by atoms with Crippen molar-refractivity contribution in [3.05, 3.63) is 75.8 Å². The number of nitrogens with zero attached hydrogens (tertiary/aromatic N) is 3. The number of alkyl halides is 1. The van der Waals surface area contributed by atoms with E-state index in [0.29, 0.717) is 36.4 Å². The number of thiazole rings is 1. The molecule has 3 aromatic rings. The van der Waals surface area contributed by atoms with Gasteiger partial charge >= 0.3 is 0 Å². The SMILES string of the molecule is Cc1cccc(C)c1Cc1csc(N2CCN(S(=O)(=O)c3ccc(CBr)cc3)CC2)n1. The minimum absolute atomic E-state index is 0.357. The number of hydrogen-bond acceptors (Lipinski definition) is 5.